The van der Waals surface area contributed by atoms with Crippen LogP contribution in [0.1, 0.15) is 16.1 Å². The van der Waals surface area contributed by atoms with Crippen molar-refractivity contribution in [3.8, 4) is 0 Å². The summed E-state index contributed by atoms with van der Waals surface area (Å²) < 4.78 is 0. The van der Waals surface area contributed by atoms with Crippen molar-refractivity contribution in [1.82, 2.24) is 10.2 Å². The molecule has 2 aromatic carbocycles. The van der Waals surface area contributed by atoms with Crippen LogP contribution in [0.2, 0.25) is 5.02 Å². The molecular weight excluding hydrogens is 260 g/mol. The molecule has 0 bridgehead atoms. The smallest absolute Gasteiger partial charge is 0.213 e. The third kappa shape index (κ3) is 2.33. The molecule has 0 saturated carbocycles. The number of hydrogen-bond acceptors (Lipinski definition) is 3. The molecule has 1 heterocycles. The molecule has 3 aromatic rings. The summed E-state index contributed by atoms with van der Waals surface area (Å²) in [6.45, 7) is 0. The molecule has 0 atom stereocenters. The van der Waals surface area contributed by atoms with Gasteiger partial charge in [-0.2, -0.15) is 0 Å². The van der Waals surface area contributed by atoms with Crippen LogP contribution in [0.5, 0.6) is 0 Å². The van der Waals surface area contributed by atoms with E-state index < -0.39 is 0 Å². The quantitative estimate of drug-likeness (QED) is 0.668. The molecule has 0 aliphatic heterocycles. The molecule has 0 spiro atoms. The van der Waals surface area contributed by atoms with Gasteiger partial charge in [-0.05, 0) is 36.4 Å². The van der Waals surface area contributed by atoms with E-state index >= 15 is 0 Å². The molecule has 1 aromatic heterocycles. The first-order chi connectivity index (χ1) is 9.24. The van der Waals surface area contributed by atoms with Gasteiger partial charge in [0, 0.05) is 16.0 Å². The number of halogens is 1. The molecule has 0 amide bonds. The Morgan fingerprint density at radius 1 is 0.947 bits per heavy atom. The normalized spacial score (nSPS) is 10.6. The molecule has 3 nitrogen and oxygen atoms in total. The van der Waals surface area contributed by atoms with Crippen molar-refractivity contribution < 1.29 is 4.79 Å². The molecular formula is C15H9ClN2O. The second-order valence-corrected chi connectivity index (χ2v) is 4.56. The fourth-order valence-corrected chi connectivity index (χ4v) is 1.97. The Morgan fingerprint density at radius 3 is 2.47 bits per heavy atom. The molecule has 0 saturated heterocycles. The summed E-state index contributed by atoms with van der Waals surface area (Å²) >= 11 is 5.80. The number of hydrogen-bond donors (Lipinski definition) is 0. The van der Waals surface area contributed by atoms with E-state index in [0.29, 0.717) is 16.3 Å². The molecule has 0 aliphatic rings. The first-order valence-electron chi connectivity index (χ1n) is 5.77. The van der Waals surface area contributed by atoms with Crippen LogP contribution >= 0.6 is 11.6 Å². The van der Waals surface area contributed by atoms with Gasteiger partial charge in [0.05, 0.1) is 5.52 Å². The summed E-state index contributed by atoms with van der Waals surface area (Å²) in [5.41, 5.74) is 1.66. The number of rotatable bonds is 2. The van der Waals surface area contributed by atoms with Crippen LogP contribution in [0.15, 0.2) is 54.6 Å². The second kappa shape index (κ2) is 4.78. The van der Waals surface area contributed by atoms with Crippen LogP contribution in [-0.4, -0.2) is 16.0 Å². The maximum absolute atomic E-state index is 12.3. The molecule has 0 aliphatic carbocycles. The summed E-state index contributed by atoms with van der Waals surface area (Å²) in [5, 5.41) is 9.52. The van der Waals surface area contributed by atoms with Gasteiger partial charge in [-0.25, -0.2) is 0 Å². The van der Waals surface area contributed by atoms with Crippen molar-refractivity contribution >= 4 is 28.3 Å². The molecule has 0 radical (unpaired) electrons. The molecule has 19 heavy (non-hydrogen) atoms. The van der Waals surface area contributed by atoms with E-state index in [2.05, 4.69) is 10.2 Å². The Labute approximate surface area is 114 Å². The highest BCUT2D eigenvalue weighted by Gasteiger charge is 2.11. The van der Waals surface area contributed by atoms with Gasteiger partial charge in [-0.3, -0.25) is 4.79 Å². The van der Waals surface area contributed by atoms with Gasteiger partial charge in [-0.15, -0.1) is 10.2 Å². The van der Waals surface area contributed by atoms with Gasteiger partial charge in [0.25, 0.3) is 0 Å². The predicted octanol–water partition coefficient (Wildman–Crippen LogP) is 3.51. The number of ketones is 1. The number of aromatic nitrogens is 2. The standard InChI is InChI=1S/C15H9ClN2O/c16-12-7-5-10(6-8-12)15(19)14-9-11-3-1-2-4-13(11)17-18-14/h1-9H. The van der Waals surface area contributed by atoms with Crippen molar-refractivity contribution in [1.29, 1.82) is 0 Å². The molecule has 0 N–H and O–H groups in total. The first kappa shape index (κ1) is 11.8. The zero-order valence-electron chi connectivity index (χ0n) is 9.88. The maximum Gasteiger partial charge on any atom is 0.213 e. The van der Waals surface area contributed by atoms with Crippen LogP contribution in [-0.2, 0) is 0 Å². The minimum Gasteiger partial charge on any atom is -0.287 e. The summed E-state index contributed by atoms with van der Waals surface area (Å²) in [4.78, 5) is 12.3. The molecule has 92 valence electrons. The van der Waals surface area contributed by atoms with Crippen molar-refractivity contribution in [2.45, 2.75) is 0 Å². The monoisotopic (exact) mass is 268 g/mol. The Bertz CT molecular complexity index is 753. The summed E-state index contributed by atoms with van der Waals surface area (Å²) in [5.74, 6) is -0.157. The average molecular weight is 269 g/mol. The topological polar surface area (TPSA) is 42.9 Å². The largest absolute Gasteiger partial charge is 0.287 e. The first-order valence-corrected chi connectivity index (χ1v) is 6.14. The lowest BCUT2D eigenvalue weighted by Crippen LogP contribution is -2.05. The third-order valence-corrected chi connectivity index (χ3v) is 3.09. The van der Waals surface area contributed by atoms with Gasteiger partial charge < -0.3 is 0 Å². The van der Waals surface area contributed by atoms with Crippen LogP contribution in [0.3, 0.4) is 0 Å². The van der Waals surface area contributed by atoms with Crippen LogP contribution in [0.25, 0.3) is 10.9 Å². The Morgan fingerprint density at radius 2 is 1.68 bits per heavy atom. The van der Waals surface area contributed by atoms with E-state index in [0.717, 1.165) is 10.9 Å². The number of carbonyl (C=O) groups is 1. The number of benzene rings is 2. The Balaban J connectivity index is 2.04. The van der Waals surface area contributed by atoms with E-state index in [-0.39, 0.29) is 5.78 Å². The summed E-state index contributed by atoms with van der Waals surface area (Å²) in [6.07, 6.45) is 0. The fourth-order valence-electron chi connectivity index (χ4n) is 1.84. The average Bonchev–Trinajstić information content (AvgIpc) is 2.47. The maximum atomic E-state index is 12.3. The zero-order chi connectivity index (χ0) is 13.2. The third-order valence-electron chi connectivity index (χ3n) is 2.83. The van der Waals surface area contributed by atoms with E-state index in [1.54, 1.807) is 30.3 Å². The van der Waals surface area contributed by atoms with Crippen LogP contribution < -0.4 is 0 Å². The molecule has 0 unspecified atom stereocenters. The number of carbonyl (C=O) groups excluding carboxylic acids is 1. The van der Waals surface area contributed by atoms with Crippen LogP contribution in [0.4, 0.5) is 0 Å². The lowest BCUT2D eigenvalue weighted by molar-refractivity contribution is 0.103. The minimum absolute atomic E-state index is 0.157. The predicted molar refractivity (Wildman–Crippen MR) is 74.4 cm³/mol. The lowest BCUT2D eigenvalue weighted by atomic mass is 10.1. The fraction of sp³-hybridized carbons (Fsp3) is 0. The Hall–Kier alpha value is -2.26. The van der Waals surface area contributed by atoms with Gasteiger partial charge in [0.1, 0.15) is 5.69 Å². The van der Waals surface area contributed by atoms with Crippen molar-refractivity contribution in [2.75, 3.05) is 0 Å². The van der Waals surface area contributed by atoms with E-state index in [4.69, 9.17) is 11.6 Å². The SMILES string of the molecule is O=C(c1ccc(Cl)cc1)c1cc2ccccc2nn1. The molecule has 3 rings (SSSR count). The van der Waals surface area contributed by atoms with Crippen molar-refractivity contribution in [2.24, 2.45) is 0 Å². The van der Waals surface area contributed by atoms with E-state index in [1.807, 2.05) is 24.3 Å². The highest BCUT2D eigenvalue weighted by atomic mass is 35.5. The Kier molecular flexibility index (Phi) is 2.97. The summed E-state index contributed by atoms with van der Waals surface area (Å²) in [7, 11) is 0. The molecule has 4 heteroatoms. The summed E-state index contributed by atoms with van der Waals surface area (Å²) in [6, 6.07) is 16.0. The van der Waals surface area contributed by atoms with Gasteiger partial charge in [0.15, 0.2) is 0 Å². The highest BCUT2D eigenvalue weighted by molar-refractivity contribution is 6.30. The zero-order valence-corrected chi connectivity index (χ0v) is 10.6. The van der Waals surface area contributed by atoms with Crippen molar-refractivity contribution in [3.63, 3.8) is 0 Å². The lowest BCUT2D eigenvalue weighted by Gasteiger charge is -2.01. The second-order valence-electron chi connectivity index (χ2n) is 4.12. The number of nitrogens with zero attached hydrogens (tertiary/aromatic N) is 2. The number of fused-ring (bicyclic) bond motifs is 1. The minimum atomic E-state index is -0.157. The molecule has 0 fully saturated rings. The highest BCUT2D eigenvalue weighted by Crippen LogP contribution is 2.15. The van der Waals surface area contributed by atoms with Crippen LogP contribution in [0, 0.1) is 0 Å². The van der Waals surface area contributed by atoms with Gasteiger partial charge in [0.2, 0.25) is 5.78 Å². The van der Waals surface area contributed by atoms with Gasteiger partial charge >= 0.3 is 0 Å². The van der Waals surface area contributed by atoms with E-state index in [9.17, 15) is 4.79 Å². The van der Waals surface area contributed by atoms with Crippen molar-refractivity contribution in [3.05, 3.63) is 70.9 Å². The van der Waals surface area contributed by atoms with E-state index in [1.165, 1.54) is 0 Å². The van der Waals surface area contributed by atoms with Gasteiger partial charge in [-0.1, -0.05) is 29.8 Å².